The maximum Gasteiger partial charge on any atom is 0.256 e. The molecule has 2 heterocycles. The number of thioether (sulfide) groups is 1. The van der Waals surface area contributed by atoms with E-state index in [0.29, 0.717) is 12.5 Å². The van der Waals surface area contributed by atoms with Crippen LogP contribution in [0.4, 0.5) is 0 Å². The third-order valence-electron chi connectivity index (χ3n) is 2.04. The van der Waals surface area contributed by atoms with E-state index in [4.69, 9.17) is 9.25 Å². The van der Waals surface area contributed by atoms with Crippen LogP contribution in [0.15, 0.2) is 33.8 Å². The average Bonchev–Trinajstić information content (AvgIpc) is 2.74. The summed E-state index contributed by atoms with van der Waals surface area (Å²) in [5, 5.41) is 4.64. The summed E-state index contributed by atoms with van der Waals surface area (Å²) in [7, 11) is 0. The Morgan fingerprint density at radius 2 is 2.20 bits per heavy atom. The summed E-state index contributed by atoms with van der Waals surface area (Å²) in [5.74, 6) is 1.43. The van der Waals surface area contributed by atoms with Gasteiger partial charge in [0.1, 0.15) is 12.1 Å². The maximum absolute atomic E-state index is 5.56. The highest BCUT2D eigenvalue weighted by atomic mass is 32.2. The Kier molecular flexibility index (Phi) is 2.10. The number of hydrogen-bond acceptors (Lipinski definition) is 5. The first-order valence-electron chi connectivity index (χ1n) is 4.62. The number of para-hydroxylation sites is 2. The lowest BCUT2D eigenvalue weighted by atomic mass is 10.3. The van der Waals surface area contributed by atoms with E-state index in [-0.39, 0.29) is 0 Å². The molecule has 3 rings (SSSR count). The molecule has 0 saturated carbocycles. The first-order chi connectivity index (χ1) is 7.43. The average molecular weight is 220 g/mol. The molecule has 4 nitrogen and oxygen atoms in total. The summed E-state index contributed by atoms with van der Waals surface area (Å²) in [5.41, 5.74) is 1.63. The molecular formula is C10H8N2O2S. The number of oxime groups is 1. The topological polar surface area (TPSA) is 47.6 Å². The maximum atomic E-state index is 5.56. The van der Waals surface area contributed by atoms with Crippen molar-refractivity contribution >= 4 is 27.9 Å². The highest BCUT2D eigenvalue weighted by Crippen LogP contribution is 2.21. The third-order valence-corrected chi connectivity index (χ3v) is 2.93. The molecule has 5 heteroatoms. The minimum Gasteiger partial charge on any atom is -0.434 e. The smallest absolute Gasteiger partial charge is 0.256 e. The van der Waals surface area contributed by atoms with Crippen LogP contribution < -0.4 is 0 Å². The normalized spacial score (nSPS) is 16.1. The second kappa shape index (κ2) is 3.58. The summed E-state index contributed by atoms with van der Waals surface area (Å²) in [6.07, 6.45) is 0. The highest BCUT2D eigenvalue weighted by molar-refractivity contribution is 8.14. The van der Waals surface area contributed by atoms with Crippen LogP contribution in [-0.4, -0.2) is 22.4 Å². The van der Waals surface area contributed by atoms with Crippen LogP contribution in [0.25, 0.3) is 11.1 Å². The van der Waals surface area contributed by atoms with E-state index >= 15 is 0 Å². The summed E-state index contributed by atoms with van der Waals surface area (Å²) >= 11 is 1.60. The molecule has 76 valence electrons. The van der Waals surface area contributed by atoms with Crippen molar-refractivity contribution in [2.45, 2.75) is 0 Å². The van der Waals surface area contributed by atoms with Gasteiger partial charge in [-0.15, -0.1) is 0 Å². The zero-order valence-electron chi connectivity index (χ0n) is 7.84. The summed E-state index contributed by atoms with van der Waals surface area (Å²) in [6, 6.07) is 7.66. The first kappa shape index (κ1) is 8.79. The van der Waals surface area contributed by atoms with Crippen LogP contribution in [0.3, 0.4) is 0 Å². The Morgan fingerprint density at radius 3 is 3.00 bits per heavy atom. The lowest BCUT2D eigenvalue weighted by Gasteiger charge is -2.07. The minimum atomic E-state index is 0.543. The second-order valence-corrected chi connectivity index (χ2v) is 4.15. The molecule has 0 atom stereocenters. The molecule has 0 fully saturated rings. The molecule has 1 aromatic carbocycles. The van der Waals surface area contributed by atoms with E-state index in [1.807, 2.05) is 24.3 Å². The molecule has 0 unspecified atom stereocenters. The number of aromatic nitrogens is 1. The Labute approximate surface area is 90.3 Å². The minimum absolute atomic E-state index is 0.543. The summed E-state index contributed by atoms with van der Waals surface area (Å²) < 4.78 is 5.56. The van der Waals surface area contributed by atoms with Gasteiger partial charge in [-0.05, 0) is 12.1 Å². The van der Waals surface area contributed by atoms with Crippen molar-refractivity contribution in [1.29, 1.82) is 0 Å². The van der Waals surface area contributed by atoms with Gasteiger partial charge >= 0.3 is 0 Å². The predicted octanol–water partition coefficient (Wildman–Crippen LogP) is 2.25. The number of nitrogens with zero attached hydrogens (tertiary/aromatic N) is 2. The molecule has 2 aromatic rings. The van der Waals surface area contributed by atoms with Gasteiger partial charge in [-0.25, -0.2) is 4.98 Å². The Morgan fingerprint density at radius 1 is 1.27 bits per heavy atom. The lowest BCUT2D eigenvalue weighted by Crippen LogP contribution is -2.07. The fourth-order valence-corrected chi connectivity index (χ4v) is 2.04. The van der Waals surface area contributed by atoms with Crippen LogP contribution in [0, 0.1) is 0 Å². The molecule has 15 heavy (non-hydrogen) atoms. The van der Waals surface area contributed by atoms with Gasteiger partial charge in [0.15, 0.2) is 10.6 Å². The number of hydrogen-bond donors (Lipinski definition) is 0. The van der Waals surface area contributed by atoms with Crippen LogP contribution >= 0.6 is 11.8 Å². The second-order valence-electron chi connectivity index (χ2n) is 3.06. The molecular weight excluding hydrogens is 212 g/mol. The predicted molar refractivity (Wildman–Crippen MR) is 59.0 cm³/mol. The van der Waals surface area contributed by atoms with Crippen molar-refractivity contribution in [2.75, 3.05) is 12.4 Å². The zero-order chi connectivity index (χ0) is 10.1. The Balaban J connectivity index is 2.07. The van der Waals surface area contributed by atoms with Gasteiger partial charge < -0.3 is 9.25 Å². The lowest BCUT2D eigenvalue weighted by molar-refractivity contribution is 0.159. The number of rotatable bonds is 1. The van der Waals surface area contributed by atoms with Crippen molar-refractivity contribution in [2.24, 2.45) is 5.16 Å². The van der Waals surface area contributed by atoms with E-state index in [1.54, 1.807) is 11.8 Å². The van der Waals surface area contributed by atoms with Crippen molar-refractivity contribution in [3.05, 3.63) is 30.2 Å². The van der Waals surface area contributed by atoms with Crippen LogP contribution in [0.1, 0.15) is 5.89 Å². The van der Waals surface area contributed by atoms with Gasteiger partial charge in [0.25, 0.3) is 5.89 Å². The fourth-order valence-electron chi connectivity index (χ4n) is 1.37. The molecule has 0 saturated heterocycles. The quantitative estimate of drug-likeness (QED) is 0.739. The molecule has 0 N–H and O–H groups in total. The van der Waals surface area contributed by atoms with Crippen LogP contribution in [0.2, 0.25) is 0 Å². The summed E-state index contributed by atoms with van der Waals surface area (Å²) in [4.78, 5) is 9.34. The standard InChI is InChI=1S/C10H8N2O2S/c1-2-4-8-7(3-1)11-9(14-8)10-12-13-5-6-15-10/h1-4H,5-6H2. The molecule has 0 aliphatic carbocycles. The van der Waals surface area contributed by atoms with Crippen molar-refractivity contribution < 1.29 is 9.25 Å². The van der Waals surface area contributed by atoms with Crippen molar-refractivity contribution in [1.82, 2.24) is 4.98 Å². The first-order valence-corrected chi connectivity index (χ1v) is 5.61. The van der Waals surface area contributed by atoms with E-state index < -0.39 is 0 Å². The van der Waals surface area contributed by atoms with Gasteiger partial charge in [0, 0.05) is 5.75 Å². The van der Waals surface area contributed by atoms with E-state index in [9.17, 15) is 0 Å². The van der Waals surface area contributed by atoms with E-state index in [2.05, 4.69) is 10.1 Å². The number of oxazole rings is 1. The SMILES string of the molecule is c1ccc2oc(C3=NOCCS3)nc2c1. The zero-order valence-corrected chi connectivity index (χ0v) is 8.66. The Bertz CT molecular complexity index is 488. The molecule has 0 amide bonds. The molecule has 1 aliphatic rings. The van der Waals surface area contributed by atoms with Crippen molar-refractivity contribution in [3.63, 3.8) is 0 Å². The van der Waals surface area contributed by atoms with Gasteiger partial charge in [0.05, 0.1) is 0 Å². The van der Waals surface area contributed by atoms with Gasteiger partial charge in [0.2, 0.25) is 0 Å². The van der Waals surface area contributed by atoms with Crippen LogP contribution in [0.5, 0.6) is 0 Å². The third kappa shape index (κ3) is 1.59. The van der Waals surface area contributed by atoms with Crippen molar-refractivity contribution in [3.8, 4) is 0 Å². The fraction of sp³-hybridized carbons (Fsp3) is 0.200. The number of benzene rings is 1. The number of fused-ring (bicyclic) bond motifs is 1. The van der Waals surface area contributed by atoms with E-state index in [0.717, 1.165) is 21.9 Å². The summed E-state index contributed by atoms with van der Waals surface area (Å²) in [6.45, 7) is 0.647. The van der Waals surface area contributed by atoms with Gasteiger partial charge in [-0.2, -0.15) is 0 Å². The highest BCUT2D eigenvalue weighted by Gasteiger charge is 2.16. The molecule has 0 spiro atoms. The van der Waals surface area contributed by atoms with Crippen LogP contribution in [-0.2, 0) is 4.84 Å². The van der Waals surface area contributed by atoms with Gasteiger partial charge in [-0.3, -0.25) is 0 Å². The molecule has 1 aromatic heterocycles. The largest absolute Gasteiger partial charge is 0.434 e. The molecule has 1 aliphatic heterocycles. The monoisotopic (exact) mass is 220 g/mol. The molecule has 0 bridgehead atoms. The Hall–Kier alpha value is -1.49. The van der Waals surface area contributed by atoms with E-state index in [1.165, 1.54) is 0 Å². The molecule has 0 radical (unpaired) electrons. The van der Waals surface area contributed by atoms with Gasteiger partial charge in [-0.1, -0.05) is 29.1 Å².